The van der Waals surface area contributed by atoms with Crippen LogP contribution in [0.2, 0.25) is 0 Å². The third kappa shape index (κ3) is 6.17. The van der Waals surface area contributed by atoms with Gasteiger partial charge >= 0.3 is 0 Å². The van der Waals surface area contributed by atoms with Crippen LogP contribution >= 0.6 is 0 Å². The number of anilines is 3. The van der Waals surface area contributed by atoms with Crippen molar-refractivity contribution in [1.29, 1.82) is 0 Å². The molecule has 1 heterocycles. The van der Waals surface area contributed by atoms with Gasteiger partial charge in [0.2, 0.25) is 0 Å². The van der Waals surface area contributed by atoms with Gasteiger partial charge in [-0.15, -0.1) is 0 Å². The topological polar surface area (TPSA) is 16.4 Å². The summed E-state index contributed by atoms with van der Waals surface area (Å²) in [6, 6.07) is 81.5. The first-order valence-corrected chi connectivity index (χ1v) is 21.8. The molecule has 1 aromatic heterocycles. The molecule has 1 aliphatic rings. The summed E-state index contributed by atoms with van der Waals surface area (Å²) in [6.45, 7) is 4.71. The summed E-state index contributed by atoms with van der Waals surface area (Å²) in [4.78, 5) is 2.33. The summed E-state index contributed by atoms with van der Waals surface area (Å²) < 4.78 is 6.65. The van der Waals surface area contributed by atoms with Crippen LogP contribution in [0.25, 0.3) is 88.3 Å². The summed E-state index contributed by atoms with van der Waals surface area (Å²) in [7, 11) is 0. The second-order valence-electron chi connectivity index (χ2n) is 17.3. The number of fused-ring (bicyclic) bond motifs is 7. The Kier molecular flexibility index (Phi) is 8.55. The number of hydrogen-bond donors (Lipinski definition) is 0. The molecule has 1 aliphatic carbocycles. The molecule has 11 aromatic rings. The van der Waals surface area contributed by atoms with E-state index in [4.69, 9.17) is 4.42 Å². The van der Waals surface area contributed by atoms with E-state index in [0.717, 1.165) is 44.6 Å². The summed E-state index contributed by atoms with van der Waals surface area (Å²) in [5.41, 5.74) is 19.9. The van der Waals surface area contributed by atoms with E-state index in [9.17, 15) is 0 Å². The molecule has 12 rings (SSSR count). The fourth-order valence-corrected chi connectivity index (χ4v) is 10.1. The first-order chi connectivity index (χ1) is 31.0. The van der Waals surface area contributed by atoms with Gasteiger partial charge in [-0.2, -0.15) is 0 Å². The summed E-state index contributed by atoms with van der Waals surface area (Å²) in [5.74, 6) is 0. The second-order valence-corrected chi connectivity index (χ2v) is 17.3. The van der Waals surface area contributed by atoms with E-state index < -0.39 is 0 Å². The van der Waals surface area contributed by atoms with Crippen LogP contribution in [0.15, 0.2) is 229 Å². The zero-order valence-corrected chi connectivity index (χ0v) is 35.2. The maximum atomic E-state index is 6.65. The average molecular weight is 806 g/mol. The van der Waals surface area contributed by atoms with Gasteiger partial charge in [0.25, 0.3) is 0 Å². The molecular weight excluding hydrogens is 763 g/mol. The molecule has 0 amide bonds. The lowest BCUT2D eigenvalue weighted by Gasteiger charge is -2.27. The monoisotopic (exact) mass is 805 g/mol. The van der Waals surface area contributed by atoms with Crippen LogP contribution in [0, 0.1) is 0 Å². The number of furan rings is 1. The normalized spacial score (nSPS) is 12.7. The minimum absolute atomic E-state index is 0.101. The summed E-state index contributed by atoms with van der Waals surface area (Å²) in [6.07, 6.45) is 0. The highest BCUT2D eigenvalue weighted by molar-refractivity contribution is 6.10. The van der Waals surface area contributed by atoms with Crippen LogP contribution in [-0.4, -0.2) is 0 Å². The fraction of sp³-hybridized carbons (Fsp3) is 0.0492. The Bertz CT molecular complexity index is 3520. The molecule has 0 spiro atoms. The molecule has 2 heteroatoms. The number of benzene rings is 10. The van der Waals surface area contributed by atoms with Crippen molar-refractivity contribution < 1.29 is 4.42 Å². The van der Waals surface area contributed by atoms with Gasteiger partial charge < -0.3 is 9.32 Å². The Balaban J connectivity index is 0.893. The molecule has 298 valence electrons. The van der Waals surface area contributed by atoms with E-state index in [1.807, 2.05) is 6.07 Å². The van der Waals surface area contributed by atoms with Crippen LogP contribution in [-0.2, 0) is 5.41 Å². The van der Waals surface area contributed by atoms with Crippen LogP contribution in [0.5, 0.6) is 0 Å². The Labute approximate surface area is 368 Å². The maximum Gasteiger partial charge on any atom is 0.159 e. The quantitative estimate of drug-likeness (QED) is 0.160. The number of rotatable bonds is 7. The molecule has 0 radical (unpaired) electrons. The maximum absolute atomic E-state index is 6.65. The fourth-order valence-electron chi connectivity index (χ4n) is 10.1. The Morgan fingerprint density at radius 1 is 0.365 bits per heavy atom. The molecule has 0 N–H and O–H groups in total. The van der Waals surface area contributed by atoms with Gasteiger partial charge in [0.1, 0.15) is 5.58 Å². The molecular formula is C61H43NO. The molecule has 10 aromatic carbocycles. The Hall–Kier alpha value is -7.94. The van der Waals surface area contributed by atoms with Crippen LogP contribution in [0.1, 0.15) is 25.0 Å². The number of nitrogens with zero attached hydrogens (tertiary/aromatic N) is 1. The predicted molar refractivity (Wildman–Crippen MR) is 265 cm³/mol. The van der Waals surface area contributed by atoms with Crippen molar-refractivity contribution in [2.75, 3.05) is 4.90 Å². The molecule has 0 bridgehead atoms. The van der Waals surface area contributed by atoms with E-state index >= 15 is 0 Å². The summed E-state index contributed by atoms with van der Waals surface area (Å²) >= 11 is 0. The first-order valence-electron chi connectivity index (χ1n) is 21.8. The van der Waals surface area contributed by atoms with Crippen molar-refractivity contribution >= 4 is 49.8 Å². The first kappa shape index (κ1) is 36.9. The molecule has 2 nitrogen and oxygen atoms in total. The van der Waals surface area contributed by atoms with Crippen LogP contribution in [0.3, 0.4) is 0 Å². The highest BCUT2D eigenvalue weighted by atomic mass is 16.3. The van der Waals surface area contributed by atoms with Gasteiger partial charge in [0, 0.05) is 27.6 Å². The lowest BCUT2D eigenvalue weighted by Crippen LogP contribution is -2.16. The number of para-hydroxylation sites is 2. The van der Waals surface area contributed by atoms with Gasteiger partial charge in [-0.05, 0) is 126 Å². The standard InChI is InChI=1S/C61H43NO/c1-61(2)56-21-7-5-16-52(56)54-19-10-18-51(59(54)61)44-32-36-50(37-33-44)62(57-22-11-20-55-53-17-6-8-23-58(53)63-60(55)57)49-34-30-42(31-35-49)41-24-26-43(27-25-41)46-14-9-15-47(38-46)48-29-28-40-12-3-4-13-45(40)39-48/h3-39H,1-2H3. The largest absolute Gasteiger partial charge is 0.454 e. The minimum Gasteiger partial charge on any atom is -0.454 e. The van der Waals surface area contributed by atoms with Crippen molar-refractivity contribution in [1.82, 2.24) is 0 Å². The van der Waals surface area contributed by atoms with Gasteiger partial charge in [-0.1, -0.05) is 190 Å². The average Bonchev–Trinajstić information content (AvgIpc) is 3.84. The second kappa shape index (κ2) is 14.6. The Morgan fingerprint density at radius 3 is 1.67 bits per heavy atom. The van der Waals surface area contributed by atoms with E-state index in [1.165, 1.54) is 72.0 Å². The Morgan fingerprint density at radius 2 is 0.889 bits per heavy atom. The van der Waals surface area contributed by atoms with Crippen LogP contribution in [0.4, 0.5) is 17.1 Å². The van der Waals surface area contributed by atoms with E-state index in [-0.39, 0.29) is 5.41 Å². The van der Waals surface area contributed by atoms with Gasteiger partial charge in [0.15, 0.2) is 5.58 Å². The van der Waals surface area contributed by atoms with Crippen molar-refractivity contribution in [2.45, 2.75) is 19.3 Å². The van der Waals surface area contributed by atoms with E-state index in [1.54, 1.807) is 0 Å². The zero-order chi connectivity index (χ0) is 42.1. The van der Waals surface area contributed by atoms with Gasteiger partial charge in [-0.3, -0.25) is 0 Å². The molecule has 0 aliphatic heterocycles. The van der Waals surface area contributed by atoms with Gasteiger partial charge in [-0.25, -0.2) is 0 Å². The molecule has 0 unspecified atom stereocenters. The lowest BCUT2D eigenvalue weighted by molar-refractivity contribution is 0.662. The summed E-state index contributed by atoms with van der Waals surface area (Å²) in [5, 5.41) is 4.73. The van der Waals surface area contributed by atoms with Crippen LogP contribution < -0.4 is 4.90 Å². The lowest BCUT2D eigenvalue weighted by atomic mass is 9.79. The molecule has 63 heavy (non-hydrogen) atoms. The SMILES string of the molecule is CC1(C)c2ccccc2-c2cccc(-c3ccc(N(c4ccc(-c5ccc(-c6cccc(-c7ccc8ccccc8c7)c6)cc5)cc4)c4cccc5c4oc4ccccc45)cc3)c21. The van der Waals surface area contributed by atoms with Crippen molar-refractivity contribution in [3.63, 3.8) is 0 Å². The third-order valence-electron chi connectivity index (χ3n) is 13.3. The number of hydrogen-bond acceptors (Lipinski definition) is 2. The van der Waals surface area contributed by atoms with E-state index in [0.29, 0.717) is 0 Å². The molecule has 0 fully saturated rings. The highest BCUT2D eigenvalue weighted by Crippen LogP contribution is 2.52. The van der Waals surface area contributed by atoms with Gasteiger partial charge in [0.05, 0.1) is 5.69 Å². The smallest absolute Gasteiger partial charge is 0.159 e. The van der Waals surface area contributed by atoms with E-state index in [2.05, 4.69) is 237 Å². The van der Waals surface area contributed by atoms with Crippen molar-refractivity contribution in [3.8, 4) is 55.6 Å². The minimum atomic E-state index is -0.101. The van der Waals surface area contributed by atoms with Crippen molar-refractivity contribution in [3.05, 3.63) is 236 Å². The zero-order valence-electron chi connectivity index (χ0n) is 35.2. The molecule has 0 saturated heterocycles. The highest BCUT2D eigenvalue weighted by Gasteiger charge is 2.37. The molecule has 0 atom stereocenters. The van der Waals surface area contributed by atoms with Crippen molar-refractivity contribution in [2.24, 2.45) is 0 Å². The predicted octanol–water partition coefficient (Wildman–Crippen LogP) is 17.2. The third-order valence-corrected chi connectivity index (χ3v) is 13.3. The molecule has 0 saturated carbocycles.